The van der Waals surface area contributed by atoms with Gasteiger partial charge in [-0.05, 0) is 42.2 Å². The molecule has 0 fully saturated rings. The molecule has 0 spiro atoms. The van der Waals surface area contributed by atoms with E-state index in [1.165, 1.54) is 17.0 Å². The van der Waals surface area contributed by atoms with Gasteiger partial charge in [-0.3, -0.25) is 19.2 Å². The van der Waals surface area contributed by atoms with E-state index in [1.807, 2.05) is 13.8 Å². The van der Waals surface area contributed by atoms with Crippen molar-refractivity contribution in [1.29, 1.82) is 0 Å². The van der Waals surface area contributed by atoms with Crippen molar-refractivity contribution in [2.45, 2.75) is 38.8 Å². The number of carbonyl (C=O) groups excluding carboxylic acids is 4. The molecule has 0 saturated carbocycles. The van der Waals surface area contributed by atoms with Gasteiger partial charge in [0.05, 0.1) is 18.5 Å². The van der Waals surface area contributed by atoms with E-state index in [9.17, 15) is 23.6 Å². The lowest BCUT2D eigenvalue weighted by molar-refractivity contribution is -0.137. The Morgan fingerprint density at radius 1 is 1.11 bits per heavy atom. The summed E-state index contributed by atoms with van der Waals surface area (Å²) in [5, 5.41) is 8.09. The highest BCUT2D eigenvalue weighted by Crippen LogP contribution is 2.19. The number of halogens is 1. The number of ether oxygens (including phenoxy) is 1. The lowest BCUT2D eigenvalue weighted by Crippen LogP contribution is -2.54. The first-order valence-electron chi connectivity index (χ1n) is 12.2. The molecule has 3 rings (SSSR count). The van der Waals surface area contributed by atoms with Gasteiger partial charge in [0, 0.05) is 13.6 Å². The molecule has 0 bridgehead atoms. The summed E-state index contributed by atoms with van der Waals surface area (Å²) in [6.45, 7) is 4.24. The molecular formula is C27H33FN4O5. The molecule has 198 valence electrons. The first kappa shape index (κ1) is 27.6. The summed E-state index contributed by atoms with van der Waals surface area (Å²) in [4.78, 5) is 53.6. The van der Waals surface area contributed by atoms with Crippen LogP contribution in [0.5, 0.6) is 5.75 Å². The smallest absolute Gasteiger partial charge is 0.255 e. The van der Waals surface area contributed by atoms with E-state index in [2.05, 4.69) is 16.0 Å². The third-order valence-corrected chi connectivity index (χ3v) is 6.08. The van der Waals surface area contributed by atoms with Crippen molar-refractivity contribution in [3.63, 3.8) is 0 Å². The highest BCUT2D eigenvalue weighted by molar-refractivity contribution is 6.01. The van der Waals surface area contributed by atoms with Crippen LogP contribution in [0.25, 0.3) is 0 Å². The number of carbonyl (C=O) groups is 4. The monoisotopic (exact) mass is 512 g/mol. The SMILES string of the molecule is CC(C)[C@@H]1NC(=O)C[C@@H](C(=O)NCCc2ccc(F)cc2)NC(=O)c2ccccc2OCCN(C)C1=O. The number of hydrogen-bond acceptors (Lipinski definition) is 5. The second kappa shape index (κ2) is 12.8. The molecule has 3 N–H and O–H groups in total. The molecule has 0 saturated heterocycles. The predicted molar refractivity (Wildman–Crippen MR) is 135 cm³/mol. The second-order valence-electron chi connectivity index (χ2n) is 9.29. The van der Waals surface area contributed by atoms with E-state index in [0.29, 0.717) is 12.2 Å². The maximum atomic E-state index is 13.1. The van der Waals surface area contributed by atoms with Gasteiger partial charge in [0.1, 0.15) is 30.3 Å². The summed E-state index contributed by atoms with van der Waals surface area (Å²) in [6.07, 6.45) is 0.0726. The Balaban J connectivity index is 1.81. The summed E-state index contributed by atoms with van der Waals surface area (Å²) in [5.74, 6) is -2.19. The zero-order valence-corrected chi connectivity index (χ0v) is 21.3. The summed E-state index contributed by atoms with van der Waals surface area (Å²) in [5.41, 5.74) is 1.03. The van der Waals surface area contributed by atoms with Crippen LogP contribution in [0.4, 0.5) is 4.39 Å². The summed E-state index contributed by atoms with van der Waals surface area (Å²) < 4.78 is 18.9. The number of likely N-dealkylation sites (N-methyl/N-ethyl adjacent to an activating group) is 1. The van der Waals surface area contributed by atoms with Crippen LogP contribution in [-0.2, 0) is 20.8 Å². The molecule has 0 radical (unpaired) electrons. The Labute approximate surface area is 215 Å². The number of rotatable bonds is 5. The van der Waals surface area contributed by atoms with Gasteiger partial charge in [-0.1, -0.05) is 38.1 Å². The Hall–Kier alpha value is -3.95. The van der Waals surface area contributed by atoms with Crippen LogP contribution in [-0.4, -0.2) is 67.4 Å². The predicted octanol–water partition coefficient (Wildman–Crippen LogP) is 1.66. The first-order chi connectivity index (χ1) is 17.7. The van der Waals surface area contributed by atoms with E-state index >= 15 is 0 Å². The van der Waals surface area contributed by atoms with Crippen LogP contribution < -0.4 is 20.7 Å². The molecule has 0 aliphatic carbocycles. The van der Waals surface area contributed by atoms with E-state index in [1.54, 1.807) is 43.4 Å². The van der Waals surface area contributed by atoms with Gasteiger partial charge in [0.2, 0.25) is 17.7 Å². The quantitative estimate of drug-likeness (QED) is 0.564. The first-order valence-corrected chi connectivity index (χ1v) is 12.2. The van der Waals surface area contributed by atoms with Crippen molar-refractivity contribution < 1.29 is 28.3 Å². The average molecular weight is 513 g/mol. The molecule has 10 heteroatoms. The second-order valence-corrected chi connectivity index (χ2v) is 9.29. The molecule has 1 aliphatic heterocycles. The van der Waals surface area contributed by atoms with E-state index < -0.39 is 29.8 Å². The van der Waals surface area contributed by atoms with Gasteiger partial charge in [-0.25, -0.2) is 4.39 Å². The molecule has 1 heterocycles. The normalized spacial score (nSPS) is 19.3. The topological polar surface area (TPSA) is 117 Å². The van der Waals surface area contributed by atoms with E-state index in [4.69, 9.17) is 4.74 Å². The fourth-order valence-electron chi connectivity index (χ4n) is 3.90. The van der Waals surface area contributed by atoms with Gasteiger partial charge in [-0.2, -0.15) is 0 Å². The molecule has 2 aromatic rings. The van der Waals surface area contributed by atoms with Crippen LogP contribution in [0, 0.1) is 11.7 Å². The lowest BCUT2D eigenvalue weighted by Gasteiger charge is -2.28. The molecule has 1 aliphatic rings. The minimum absolute atomic E-state index is 0.137. The van der Waals surface area contributed by atoms with Gasteiger partial charge in [0.25, 0.3) is 5.91 Å². The number of hydrogen-bond donors (Lipinski definition) is 3. The van der Waals surface area contributed by atoms with Gasteiger partial charge >= 0.3 is 0 Å². The highest BCUT2D eigenvalue weighted by Gasteiger charge is 2.31. The van der Waals surface area contributed by atoms with Gasteiger partial charge in [-0.15, -0.1) is 0 Å². The Bertz CT molecular complexity index is 1120. The fraction of sp³-hybridized carbons (Fsp3) is 0.407. The molecule has 9 nitrogen and oxygen atoms in total. The maximum Gasteiger partial charge on any atom is 0.255 e. The number of fused-ring (bicyclic) bond motifs is 1. The zero-order valence-electron chi connectivity index (χ0n) is 21.3. The minimum Gasteiger partial charge on any atom is -0.491 e. The van der Waals surface area contributed by atoms with Crippen LogP contribution in [0.1, 0.15) is 36.2 Å². The summed E-state index contributed by atoms with van der Waals surface area (Å²) in [6, 6.07) is 10.5. The zero-order chi connectivity index (χ0) is 26.9. The molecule has 0 unspecified atom stereocenters. The van der Waals surface area contributed by atoms with Crippen molar-refractivity contribution in [1.82, 2.24) is 20.9 Å². The molecule has 0 aromatic heterocycles. The van der Waals surface area contributed by atoms with Crippen LogP contribution in [0.3, 0.4) is 0 Å². The van der Waals surface area contributed by atoms with E-state index in [0.717, 1.165) is 5.56 Å². The van der Waals surface area contributed by atoms with Crippen molar-refractivity contribution in [2.24, 2.45) is 5.92 Å². The van der Waals surface area contributed by atoms with Crippen molar-refractivity contribution in [3.05, 3.63) is 65.5 Å². The summed E-state index contributed by atoms with van der Waals surface area (Å²) in [7, 11) is 1.62. The van der Waals surface area contributed by atoms with Crippen molar-refractivity contribution in [2.75, 3.05) is 26.7 Å². The van der Waals surface area contributed by atoms with Crippen LogP contribution >= 0.6 is 0 Å². The Morgan fingerprint density at radius 3 is 2.51 bits per heavy atom. The Kier molecular flexibility index (Phi) is 9.59. The molecule has 37 heavy (non-hydrogen) atoms. The third-order valence-electron chi connectivity index (χ3n) is 6.08. The maximum absolute atomic E-state index is 13.1. The van der Waals surface area contributed by atoms with Crippen molar-refractivity contribution in [3.8, 4) is 5.75 Å². The van der Waals surface area contributed by atoms with Crippen LogP contribution in [0.2, 0.25) is 0 Å². The number of para-hydroxylation sites is 1. The van der Waals surface area contributed by atoms with Crippen LogP contribution in [0.15, 0.2) is 48.5 Å². The number of nitrogens with zero attached hydrogens (tertiary/aromatic N) is 1. The standard InChI is InChI=1S/C27H33FN4O5/c1-17(2)24-27(36)32(3)14-15-37-22-7-5-4-6-20(22)25(34)30-21(16-23(33)31-24)26(35)29-13-12-18-8-10-19(28)11-9-18/h4-11,17,21,24H,12-16H2,1-3H3,(H,29,35)(H,30,34)(H,31,33)/t21-,24-/m0/s1. The minimum atomic E-state index is -1.20. The molecule has 2 aromatic carbocycles. The van der Waals surface area contributed by atoms with Gasteiger partial charge < -0.3 is 25.6 Å². The molecule has 2 atom stereocenters. The number of benzene rings is 2. The van der Waals surface area contributed by atoms with E-state index in [-0.39, 0.29) is 49.3 Å². The van der Waals surface area contributed by atoms with Gasteiger partial charge in [0.15, 0.2) is 0 Å². The Morgan fingerprint density at radius 2 is 1.81 bits per heavy atom. The lowest BCUT2D eigenvalue weighted by atomic mass is 10.0. The fourth-order valence-corrected chi connectivity index (χ4v) is 3.90. The number of nitrogens with one attached hydrogen (secondary N) is 3. The highest BCUT2D eigenvalue weighted by atomic mass is 19.1. The number of amides is 4. The molecular weight excluding hydrogens is 479 g/mol. The summed E-state index contributed by atoms with van der Waals surface area (Å²) >= 11 is 0. The third kappa shape index (κ3) is 7.77. The average Bonchev–Trinajstić information content (AvgIpc) is 2.87. The largest absolute Gasteiger partial charge is 0.491 e. The molecule has 4 amide bonds. The van der Waals surface area contributed by atoms with Crippen molar-refractivity contribution >= 4 is 23.6 Å².